The van der Waals surface area contributed by atoms with Gasteiger partial charge in [-0.3, -0.25) is 9.59 Å². The smallest absolute Gasteiger partial charge is 0.256 e. The highest BCUT2D eigenvalue weighted by atomic mass is 16.5. The molecule has 6 nitrogen and oxygen atoms in total. The molecule has 4 rings (SSSR count). The Balaban J connectivity index is 1.52. The van der Waals surface area contributed by atoms with Gasteiger partial charge in [0.1, 0.15) is 12.4 Å². The molecule has 1 atom stereocenters. The maximum atomic E-state index is 13.6. The number of hydrogen-bond acceptors (Lipinski definition) is 4. The van der Waals surface area contributed by atoms with Crippen molar-refractivity contribution in [2.45, 2.75) is 44.6 Å². The van der Waals surface area contributed by atoms with Crippen LogP contribution in [-0.4, -0.2) is 67.1 Å². The fourth-order valence-electron chi connectivity index (χ4n) is 4.73. The van der Waals surface area contributed by atoms with Crippen molar-refractivity contribution in [1.82, 2.24) is 9.80 Å². The van der Waals surface area contributed by atoms with Gasteiger partial charge in [-0.15, -0.1) is 0 Å². The summed E-state index contributed by atoms with van der Waals surface area (Å²) in [6.07, 6.45) is 4.18. The third kappa shape index (κ3) is 5.22. The van der Waals surface area contributed by atoms with Crippen molar-refractivity contribution >= 4 is 11.8 Å². The van der Waals surface area contributed by atoms with Crippen molar-refractivity contribution in [2.75, 3.05) is 39.9 Å². The minimum Gasteiger partial charge on any atom is -0.491 e. The number of rotatable bonds is 2. The van der Waals surface area contributed by atoms with Crippen LogP contribution in [0.15, 0.2) is 48.5 Å². The minimum absolute atomic E-state index is 0.0424. The first-order valence-electron chi connectivity index (χ1n) is 12.0. The molecular weight excluding hydrogens is 416 g/mol. The largest absolute Gasteiger partial charge is 0.491 e. The SMILES string of the molecule is CCc1ccc(C(=O)N2CCOC3(CCCCc4ccccc4OCCN(C)C3=O)C2)cc1. The molecule has 2 aromatic rings. The molecule has 2 aromatic carbocycles. The summed E-state index contributed by atoms with van der Waals surface area (Å²) in [7, 11) is 1.79. The first kappa shape index (κ1) is 23.3. The Morgan fingerprint density at radius 2 is 1.82 bits per heavy atom. The highest BCUT2D eigenvalue weighted by molar-refractivity contribution is 5.95. The topological polar surface area (TPSA) is 59.1 Å². The first-order chi connectivity index (χ1) is 16.0. The van der Waals surface area contributed by atoms with E-state index in [-0.39, 0.29) is 18.4 Å². The predicted octanol–water partition coefficient (Wildman–Crippen LogP) is 3.72. The van der Waals surface area contributed by atoms with Gasteiger partial charge in [0.25, 0.3) is 11.8 Å². The molecule has 0 saturated carbocycles. The molecule has 2 aliphatic heterocycles. The van der Waals surface area contributed by atoms with Gasteiger partial charge < -0.3 is 19.3 Å². The lowest BCUT2D eigenvalue weighted by atomic mass is 9.91. The molecule has 6 heteroatoms. The van der Waals surface area contributed by atoms with Crippen LogP contribution in [0.25, 0.3) is 0 Å². The molecule has 33 heavy (non-hydrogen) atoms. The lowest BCUT2D eigenvalue weighted by molar-refractivity contribution is -0.169. The Kier molecular flexibility index (Phi) is 7.33. The number of para-hydroxylation sites is 1. The number of carbonyl (C=O) groups is 2. The molecule has 2 heterocycles. The molecule has 1 saturated heterocycles. The minimum atomic E-state index is -1.01. The summed E-state index contributed by atoms with van der Waals surface area (Å²) in [6.45, 7) is 4.10. The zero-order valence-corrected chi connectivity index (χ0v) is 19.7. The van der Waals surface area contributed by atoms with Gasteiger partial charge in [-0.1, -0.05) is 37.3 Å². The number of nitrogens with zero attached hydrogens (tertiary/aromatic N) is 2. The molecule has 0 radical (unpaired) electrons. The van der Waals surface area contributed by atoms with Crippen molar-refractivity contribution in [3.05, 3.63) is 65.2 Å². The second kappa shape index (κ2) is 10.4. The van der Waals surface area contributed by atoms with E-state index in [4.69, 9.17) is 9.47 Å². The van der Waals surface area contributed by atoms with Crippen LogP contribution in [0.3, 0.4) is 0 Å². The van der Waals surface area contributed by atoms with E-state index in [9.17, 15) is 9.59 Å². The van der Waals surface area contributed by atoms with Crippen LogP contribution < -0.4 is 4.74 Å². The van der Waals surface area contributed by atoms with Gasteiger partial charge in [-0.2, -0.15) is 0 Å². The molecule has 2 aliphatic rings. The average molecular weight is 451 g/mol. The van der Waals surface area contributed by atoms with Gasteiger partial charge in [0.2, 0.25) is 0 Å². The lowest BCUT2D eigenvalue weighted by Gasteiger charge is -2.43. The van der Waals surface area contributed by atoms with E-state index < -0.39 is 5.60 Å². The molecule has 1 fully saturated rings. The Bertz CT molecular complexity index is 974. The van der Waals surface area contributed by atoms with Crippen molar-refractivity contribution in [3.8, 4) is 5.75 Å². The first-order valence-corrected chi connectivity index (χ1v) is 12.0. The van der Waals surface area contributed by atoms with E-state index in [1.165, 1.54) is 11.1 Å². The molecule has 0 bridgehead atoms. The van der Waals surface area contributed by atoms with Crippen LogP contribution in [0.1, 0.15) is 47.7 Å². The summed E-state index contributed by atoms with van der Waals surface area (Å²) < 4.78 is 12.2. The molecule has 1 unspecified atom stereocenters. The van der Waals surface area contributed by atoms with E-state index in [0.29, 0.717) is 38.3 Å². The van der Waals surface area contributed by atoms with Crippen LogP contribution in [0, 0.1) is 0 Å². The summed E-state index contributed by atoms with van der Waals surface area (Å²) in [5.41, 5.74) is 2.04. The zero-order chi connectivity index (χ0) is 23.3. The highest BCUT2D eigenvalue weighted by Gasteiger charge is 2.46. The maximum absolute atomic E-state index is 13.6. The molecule has 0 aliphatic carbocycles. The molecule has 1 spiro atoms. The molecule has 0 N–H and O–H groups in total. The predicted molar refractivity (Wildman–Crippen MR) is 128 cm³/mol. The Labute approximate surface area is 196 Å². The zero-order valence-electron chi connectivity index (χ0n) is 19.7. The number of morpholine rings is 1. The van der Waals surface area contributed by atoms with Crippen molar-refractivity contribution in [3.63, 3.8) is 0 Å². The third-order valence-electron chi connectivity index (χ3n) is 6.75. The Morgan fingerprint density at radius 3 is 2.61 bits per heavy atom. The number of carbonyl (C=O) groups excluding carboxylic acids is 2. The quantitative estimate of drug-likeness (QED) is 0.700. The van der Waals surface area contributed by atoms with Gasteiger partial charge in [0, 0.05) is 19.2 Å². The van der Waals surface area contributed by atoms with Gasteiger partial charge in [-0.05, 0) is 61.4 Å². The van der Waals surface area contributed by atoms with E-state index in [0.717, 1.165) is 31.4 Å². The maximum Gasteiger partial charge on any atom is 0.256 e. The number of ether oxygens (including phenoxy) is 2. The standard InChI is InChI=1S/C27H34N2O4/c1-3-21-11-13-23(14-12-21)25(30)29-17-19-33-27(20-29)15-7-6-9-22-8-4-5-10-24(22)32-18-16-28(2)26(27)31/h4-5,8,10-14H,3,6-7,9,15-20H2,1-2H3. The van der Waals surface area contributed by atoms with Crippen LogP contribution in [0.5, 0.6) is 5.75 Å². The van der Waals surface area contributed by atoms with Crippen LogP contribution >= 0.6 is 0 Å². The summed E-state index contributed by atoms with van der Waals surface area (Å²) in [5.74, 6) is 0.784. The third-order valence-corrected chi connectivity index (χ3v) is 6.75. The average Bonchev–Trinajstić information content (AvgIpc) is 2.86. The van der Waals surface area contributed by atoms with Crippen molar-refractivity contribution in [1.29, 1.82) is 0 Å². The summed E-state index contributed by atoms with van der Waals surface area (Å²) in [4.78, 5) is 30.3. The van der Waals surface area contributed by atoms with Crippen LogP contribution in [0.4, 0.5) is 0 Å². The Hall–Kier alpha value is -2.86. The van der Waals surface area contributed by atoms with Gasteiger partial charge in [-0.25, -0.2) is 0 Å². The van der Waals surface area contributed by atoms with Gasteiger partial charge in [0.15, 0.2) is 5.60 Å². The summed E-state index contributed by atoms with van der Waals surface area (Å²) in [5, 5.41) is 0. The van der Waals surface area contributed by atoms with Crippen molar-refractivity contribution in [2.24, 2.45) is 0 Å². The number of aryl methyl sites for hydroxylation is 2. The highest BCUT2D eigenvalue weighted by Crippen LogP contribution is 2.30. The number of amides is 2. The molecule has 2 amide bonds. The molecule has 176 valence electrons. The number of benzene rings is 2. The van der Waals surface area contributed by atoms with Crippen molar-refractivity contribution < 1.29 is 19.1 Å². The van der Waals surface area contributed by atoms with E-state index in [1.54, 1.807) is 16.8 Å². The number of fused-ring (bicyclic) bond motifs is 1. The molecule has 0 aromatic heterocycles. The number of hydrogen-bond donors (Lipinski definition) is 0. The van der Waals surface area contributed by atoms with E-state index in [1.807, 2.05) is 42.5 Å². The van der Waals surface area contributed by atoms with E-state index >= 15 is 0 Å². The fraction of sp³-hybridized carbons (Fsp3) is 0.481. The second-order valence-electron chi connectivity index (χ2n) is 9.01. The van der Waals surface area contributed by atoms with Gasteiger partial charge in [0.05, 0.1) is 19.7 Å². The normalized spacial score (nSPS) is 22.2. The van der Waals surface area contributed by atoms with E-state index in [2.05, 4.69) is 13.0 Å². The number of likely N-dealkylation sites (N-methyl/N-ethyl adjacent to an activating group) is 1. The lowest BCUT2D eigenvalue weighted by Crippen LogP contribution is -2.61. The van der Waals surface area contributed by atoms with Crippen LogP contribution in [0.2, 0.25) is 0 Å². The summed E-state index contributed by atoms with van der Waals surface area (Å²) in [6, 6.07) is 15.9. The second-order valence-corrected chi connectivity index (χ2v) is 9.01. The monoisotopic (exact) mass is 450 g/mol. The Morgan fingerprint density at radius 1 is 1.03 bits per heavy atom. The van der Waals surface area contributed by atoms with Gasteiger partial charge >= 0.3 is 0 Å². The summed E-state index contributed by atoms with van der Waals surface area (Å²) >= 11 is 0. The van der Waals surface area contributed by atoms with Crippen LogP contribution in [-0.2, 0) is 22.4 Å². The fourth-order valence-corrected chi connectivity index (χ4v) is 4.73. The molecular formula is C27H34N2O4.